The van der Waals surface area contributed by atoms with Gasteiger partial charge in [-0.2, -0.15) is 0 Å². The van der Waals surface area contributed by atoms with Gasteiger partial charge in [-0.1, -0.05) is 6.07 Å². The predicted octanol–water partition coefficient (Wildman–Crippen LogP) is 3.71. The smallest absolute Gasteiger partial charge is 0.187 e. The van der Waals surface area contributed by atoms with E-state index >= 15 is 0 Å². The highest BCUT2D eigenvalue weighted by Gasteiger charge is 2.27. The van der Waals surface area contributed by atoms with Crippen molar-refractivity contribution in [1.29, 1.82) is 0 Å². The molecule has 27 heavy (non-hydrogen) atoms. The van der Waals surface area contributed by atoms with Gasteiger partial charge in [-0.15, -0.1) is 0 Å². The number of hydrogen-bond donors (Lipinski definition) is 0. The van der Waals surface area contributed by atoms with Crippen molar-refractivity contribution in [3.05, 3.63) is 45.4 Å². The maximum absolute atomic E-state index is 5.53. The highest BCUT2D eigenvalue weighted by molar-refractivity contribution is 9.10. The first kappa shape index (κ1) is 19.5. The van der Waals surface area contributed by atoms with Gasteiger partial charge in [0.2, 0.25) is 0 Å². The third-order valence-electron chi connectivity index (χ3n) is 5.02. The monoisotopic (exact) mass is 434 g/mol. The average molecular weight is 435 g/mol. The molecular formula is C21H25BrNO4+. The number of halogens is 1. The summed E-state index contributed by atoms with van der Waals surface area (Å²) >= 11 is 3.69. The van der Waals surface area contributed by atoms with Crippen molar-refractivity contribution in [1.82, 2.24) is 0 Å². The van der Waals surface area contributed by atoms with E-state index in [1.54, 1.807) is 28.4 Å². The van der Waals surface area contributed by atoms with E-state index in [0.29, 0.717) is 11.5 Å². The van der Waals surface area contributed by atoms with Crippen molar-refractivity contribution in [3.8, 4) is 23.0 Å². The molecule has 1 aliphatic rings. The lowest BCUT2D eigenvalue weighted by Crippen LogP contribution is -2.29. The normalized spacial score (nSPS) is 13.3. The highest BCUT2D eigenvalue weighted by Crippen LogP contribution is 2.39. The molecule has 0 bridgehead atoms. The number of benzene rings is 2. The number of likely N-dealkylation sites (N-methyl/N-ethyl adjacent to an activating group) is 1. The summed E-state index contributed by atoms with van der Waals surface area (Å²) in [6.45, 7) is 0.961. The van der Waals surface area contributed by atoms with Gasteiger partial charge >= 0.3 is 0 Å². The highest BCUT2D eigenvalue weighted by atomic mass is 79.9. The van der Waals surface area contributed by atoms with E-state index in [4.69, 9.17) is 18.9 Å². The zero-order chi connectivity index (χ0) is 19.6. The first-order valence-electron chi connectivity index (χ1n) is 8.75. The molecule has 0 spiro atoms. The number of rotatable bonds is 6. The van der Waals surface area contributed by atoms with Gasteiger partial charge in [0.25, 0.3) is 0 Å². The van der Waals surface area contributed by atoms with E-state index in [0.717, 1.165) is 40.9 Å². The second kappa shape index (κ2) is 8.21. The lowest BCUT2D eigenvalue weighted by Gasteiger charge is -2.20. The second-order valence-corrected chi connectivity index (χ2v) is 7.23. The van der Waals surface area contributed by atoms with Crippen molar-refractivity contribution in [2.45, 2.75) is 12.8 Å². The van der Waals surface area contributed by atoms with Gasteiger partial charge in [-0.3, -0.25) is 0 Å². The molecule has 0 atom stereocenters. The van der Waals surface area contributed by atoms with E-state index in [-0.39, 0.29) is 0 Å². The summed E-state index contributed by atoms with van der Waals surface area (Å²) in [6, 6.07) is 8.18. The topological polar surface area (TPSA) is 39.9 Å². The summed E-state index contributed by atoms with van der Waals surface area (Å²) in [5.41, 5.74) is 4.85. The fraction of sp³-hybridized carbons (Fsp3) is 0.381. The minimum atomic E-state index is 0.710. The molecule has 0 fully saturated rings. The van der Waals surface area contributed by atoms with E-state index in [2.05, 4.69) is 45.8 Å². The van der Waals surface area contributed by atoms with Crippen molar-refractivity contribution in [2.24, 2.45) is 0 Å². The minimum absolute atomic E-state index is 0.710. The summed E-state index contributed by atoms with van der Waals surface area (Å²) in [4.78, 5) is 0. The summed E-state index contributed by atoms with van der Waals surface area (Å²) in [7, 11) is 8.76. The molecule has 0 unspecified atom stereocenters. The maximum atomic E-state index is 5.53. The van der Waals surface area contributed by atoms with Crippen LogP contribution in [0.15, 0.2) is 28.7 Å². The minimum Gasteiger partial charge on any atom is -0.493 e. The Hall–Kier alpha value is -2.21. The molecule has 2 aromatic rings. The Kier molecular flexibility index (Phi) is 5.95. The van der Waals surface area contributed by atoms with Crippen LogP contribution in [0.25, 0.3) is 0 Å². The van der Waals surface area contributed by atoms with Crippen LogP contribution in [0.5, 0.6) is 23.0 Å². The van der Waals surface area contributed by atoms with Crippen LogP contribution in [0.4, 0.5) is 0 Å². The third-order valence-corrected chi connectivity index (χ3v) is 5.89. The molecule has 0 amide bonds. The first-order chi connectivity index (χ1) is 13.0. The molecule has 1 heterocycles. The van der Waals surface area contributed by atoms with Crippen LogP contribution in [0.1, 0.15) is 16.7 Å². The molecule has 6 heteroatoms. The Labute approximate surface area is 168 Å². The molecule has 144 valence electrons. The second-order valence-electron chi connectivity index (χ2n) is 6.43. The molecule has 3 rings (SSSR count). The lowest BCUT2D eigenvalue weighted by molar-refractivity contribution is -0.498. The van der Waals surface area contributed by atoms with Gasteiger partial charge in [0, 0.05) is 12.0 Å². The fourth-order valence-electron chi connectivity index (χ4n) is 3.50. The van der Waals surface area contributed by atoms with Crippen LogP contribution < -0.4 is 18.9 Å². The van der Waals surface area contributed by atoms with Crippen molar-refractivity contribution >= 4 is 21.6 Å². The number of ether oxygens (including phenoxy) is 4. The van der Waals surface area contributed by atoms with E-state index in [1.165, 1.54) is 16.8 Å². The van der Waals surface area contributed by atoms with Crippen molar-refractivity contribution in [2.75, 3.05) is 42.0 Å². The van der Waals surface area contributed by atoms with Gasteiger partial charge in [-0.05, 0) is 45.3 Å². The van der Waals surface area contributed by atoms with Crippen molar-refractivity contribution < 1.29 is 23.5 Å². The zero-order valence-corrected chi connectivity index (χ0v) is 18.0. The largest absolute Gasteiger partial charge is 0.493 e. The predicted molar refractivity (Wildman–Crippen MR) is 109 cm³/mol. The fourth-order valence-corrected chi connectivity index (χ4v) is 4.13. The van der Waals surface area contributed by atoms with E-state index in [9.17, 15) is 0 Å². The lowest BCUT2D eigenvalue weighted by atomic mass is 9.92. The summed E-state index contributed by atoms with van der Waals surface area (Å²) in [6.07, 6.45) is 1.74. The molecule has 0 N–H and O–H groups in total. The van der Waals surface area contributed by atoms with Gasteiger partial charge in [-0.25, -0.2) is 4.58 Å². The molecule has 2 aromatic carbocycles. The quantitative estimate of drug-likeness (QED) is 0.649. The van der Waals surface area contributed by atoms with Crippen molar-refractivity contribution in [3.63, 3.8) is 0 Å². The molecule has 0 saturated carbocycles. The van der Waals surface area contributed by atoms with Crippen LogP contribution in [0.2, 0.25) is 0 Å². The van der Waals surface area contributed by atoms with Gasteiger partial charge in [0.15, 0.2) is 28.7 Å². The molecule has 5 nitrogen and oxygen atoms in total. The molecular weight excluding hydrogens is 410 g/mol. The average Bonchev–Trinajstić information content (AvgIpc) is 2.69. The number of hydrogen-bond acceptors (Lipinski definition) is 4. The zero-order valence-electron chi connectivity index (χ0n) is 16.4. The Bertz CT molecular complexity index is 892. The maximum Gasteiger partial charge on any atom is 0.187 e. The number of methoxy groups -OCH3 is 4. The van der Waals surface area contributed by atoms with Crippen LogP contribution >= 0.6 is 15.9 Å². The summed E-state index contributed by atoms with van der Waals surface area (Å²) in [5.74, 6) is 2.94. The SMILES string of the molecule is COc1cc2c(cc1OC)C(Cc1ccc(OC)c(OC)c1Br)=[N+](C)CC2. The Morgan fingerprint density at radius 3 is 2.22 bits per heavy atom. The Balaban J connectivity index is 2.06. The van der Waals surface area contributed by atoms with Crippen LogP contribution in [0.3, 0.4) is 0 Å². The summed E-state index contributed by atoms with van der Waals surface area (Å²) < 4.78 is 25.1. The standard InChI is InChI=1S/C21H25BrNO4/c1-23-9-8-13-11-18(25-3)19(26-4)12-15(13)16(23)10-14-6-7-17(24-2)21(27-5)20(14)22/h6-7,11-12H,8-10H2,1-5H3/q+1. The third kappa shape index (κ3) is 3.63. The molecule has 0 aromatic heterocycles. The number of nitrogens with zero attached hydrogens (tertiary/aromatic N) is 1. The number of fused-ring (bicyclic) bond motifs is 1. The Morgan fingerprint density at radius 1 is 0.926 bits per heavy atom. The van der Waals surface area contributed by atoms with E-state index < -0.39 is 0 Å². The van der Waals surface area contributed by atoms with Gasteiger partial charge < -0.3 is 18.9 Å². The molecule has 0 saturated heterocycles. The van der Waals surface area contributed by atoms with Crippen LogP contribution in [-0.2, 0) is 12.8 Å². The van der Waals surface area contributed by atoms with Crippen LogP contribution in [-0.4, -0.2) is 52.3 Å². The molecule has 0 aliphatic carbocycles. The molecule has 1 aliphatic heterocycles. The molecule has 0 radical (unpaired) electrons. The Morgan fingerprint density at radius 2 is 1.59 bits per heavy atom. The van der Waals surface area contributed by atoms with Gasteiger partial charge in [0.05, 0.1) is 39.3 Å². The van der Waals surface area contributed by atoms with E-state index in [1.807, 2.05) is 6.07 Å². The first-order valence-corrected chi connectivity index (χ1v) is 9.54. The summed E-state index contributed by atoms with van der Waals surface area (Å²) in [5, 5.41) is 0. The van der Waals surface area contributed by atoms with Gasteiger partial charge in [0.1, 0.15) is 13.6 Å². The van der Waals surface area contributed by atoms with Crippen LogP contribution in [0, 0.1) is 0 Å².